The lowest BCUT2D eigenvalue weighted by atomic mass is 9.91. The first kappa shape index (κ1) is 24.6. The second-order valence-corrected chi connectivity index (χ2v) is 10.5. The Morgan fingerprint density at radius 1 is 1.17 bits per heavy atom. The summed E-state index contributed by atoms with van der Waals surface area (Å²) in [4.78, 5) is 42.0. The van der Waals surface area contributed by atoms with Gasteiger partial charge >= 0.3 is 0 Å². The Balaban J connectivity index is 1.61. The third-order valence-electron chi connectivity index (χ3n) is 7.92. The quantitative estimate of drug-likeness (QED) is 0.638. The molecule has 0 unspecified atom stereocenters. The first-order valence-corrected chi connectivity index (χ1v) is 13.0. The fourth-order valence-corrected chi connectivity index (χ4v) is 5.95. The molecule has 1 aromatic carbocycles. The van der Waals surface area contributed by atoms with Gasteiger partial charge in [0.05, 0.1) is 31.0 Å². The van der Waals surface area contributed by atoms with E-state index in [0.29, 0.717) is 35.7 Å². The van der Waals surface area contributed by atoms with Crippen LogP contribution in [-0.4, -0.2) is 65.1 Å². The van der Waals surface area contributed by atoms with Crippen molar-refractivity contribution in [2.24, 2.45) is 0 Å². The van der Waals surface area contributed by atoms with Gasteiger partial charge in [0.1, 0.15) is 17.0 Å². The highest BCUT2D eigenvalue weighted by molar-refractivity contribution is 6.14. The molecule has 9 heteroatoms. The van der Waals surface area contributed by atoms with Crippen LogP contribution in [-0.2, 0) is 20.9 Å². The molecule has 2 aliphatic heterocycles. The van der Waals surface area contributed by atoms with E-state index in [1.54, 1.807) is 12.0 Å². The molecule has 5 rings (SSSR count). The third kappa shape index (κ3) is 4.34. The maximum atomic E-state index is 14.2. The smallest absolute Gasteiger partial charge is 0.273 e. The van der Waals surface area contributed by atoms with Gasteiger partial charge in [-0.1, -0.05) is 19.3 Å². The number of rotatable bonds is 6. The Bertz CT molecular complexity index is 1180. The number of carbonyl (C=O) groups excluding carboxylic acids is 3. The first-order valence-electron chi connectivity index (χ1n) is 13.0. The number of hydrogen-bond donors (Lipinski definition) is 2. The number of nitrogens with one attached hydrogen (secondary N) is 2. The van der Waals surface area contributed by atoms with Gasteiger partial charge in [-0.05, 0) is 50.8 Å². The average Bonchev–Trinajstić information content (AvgIpc) is 3.48. The van der Waals surface area contributed by atoms with Crippen molar-refractivity contribution in [1.82, 2.24) is 14.8 Å². The van der Waals surface area contributed by atoms with Gasteiger partial charge in [-0.25, -0.2) is 0 Å². The predicted molar refractivity (Wildman–Crippen MR) is 136 cm³/mol. The standard InChI is InChI=1S/C27H36N4O5/c1-17(32)28-23-21-14-19(35-3)11-12-22(21)30-16-27(2,26(34)29-18-8-5-4-6-9-18)31(25(33)24(23)30)15-20-10-7-13-36-20/h11-12,14,18,20H,4-10,13,15-16H2,1-3H3,(H,28,32)(H,29,34)/t20-,27-/m0/s1. The molecule has 194 valence electrons. The van der Waals surface area contributed by atoms with Crippen LogP contribution in [0.5, 0.6) is 5.75 Å². The van der Waals surface area contributed by atoms with Gasteiger partial charge in [0.2, 0.25) is 11.8 Å². The molecule has 2 N–H and O–H groups in total. The van der Waals surface area contributed by atoms with Gasteiger partial charge in [0, 0.05) is 31.5 Å². The molecule has 36 heavy (non-hydrogen) atoms. The summed E-state index contributed by atoms with van der Waals surface area (Å²) < 4.78 is 13.2. The van der Waals surface area contributed by atoms with Gasteiger partial charge in [0.25, 0.3) is 5.91 Å². The fraction of sp³-hybridized carbons (Fsp3) is 0.593. The predicted octanol–water partition coefficient (Wildman–Crippen LogP) is 3.45. The van der Waals surface area contributed by atoms with Crippen LogP contribution >= 0.6 is 0 Å². The van der Waals surface area contributed by atoms with E-state index in [0.717, 1.165) is 44.0 Å². The highest BCUT2D eigenvalue weighted by Crippen LogP contribution is 2.40. The van der Waals surface area contributed by atoms with Gasteiger partial charge < -0.3 is 29.6 Å². The summed E-state index contributed by atoms with van der Waals surface area (Å²) in [6.07, 6.45) is 7.01. The molecule has 1 saturated carbocycles. The van der Waals surface area contributed by atoms with Crippen molar-refractivity contribution in [3.63, 3.8) is 0 Å². The molecule has 0 spiro atoms. The van der Waals surface area contributed by atoms with Crippen molar-refractivity contribution in [2.45, 2.75) is 83.0 Å². The van der Waals surface area contributed by atoms with Crippen LogP contribution in [0.4, 0.5) is 5.69 Å². The molecule has 3 heterocycles. The zero-order valence-corrected chi connectivity index (χ0v) is 21.4. The normalized spacial score (nSPS) is 24.6. The summed E-state index contributed by atoms with van der Waals surface area (Å²) in [6.45, 7) is 4.55. The molecular formula is C27H36N4O5. The number of hydrogen-bond acceptors (Lipinski definition) is 5. The summed E-state index contributed by atoms with van der Waals surface area (Å²) >= 11 is 0. The molecule has 3 aliphatic rings. The zero-order chi connectivity index (χ0) is 25.4. The highest BCUT2D eigenvalue weighted by atomic mass is 16.5. The number of methoxy groups -OCH3 is 1. The van der Waals surface area contributed by atoms with Crippen molar-refractivity contribution >= 4 is 34.3 Å². The van der Waals surface area contributed by atoms with Crippen LogP contribution in [0.3, 0.4) is 0 Å². The van der Waals surface area contributed by atoms with Gasteiger partial charge in [-0.3, -0.25) is 14.4 Å². The Hall–Kier alpha value is -3.07. The van der Waals surface area contributed by atoms with Crippen LogP contribution in [0.15, 0.2) is 18.2 Å². The maximum Gasteiger partial charge on any atom is 0.273 e. The van der Waals surface area contributed by atoms with Crippen LogP contribution in [0, 0.1) is 0 Å². The maximum absolute atomic E-state index is 14.2. The van der Waals surface area contributed by atoms with Gasteiger partial charge in [-0.15, -0.1) is 0 Å². The topological polar surface area (TPSA) is 102 Å². The van der Waals surface area contributed by atoms with E-state index >= 15 is 0 Å². The molecule has 3 amide bonds. The highest BCUT2D eigenvalue weighted by Gasteiger charge is 2.50. The lowest BCUT2D eigenvalue weighted by Crippen LogP contribution is -2.66. The minimum absolute atomic E-state index is 0.115. The van der Waals surface area contributed by atoms with E-state index in [4.69, 9.17) is 9.47 Å². The number of fused-ring (bicyclic) bond motifs is 3. The fourth-order valence-electron chi connectivity index (χ4n) is 5.95. The summed E-state index contributed by atoms with van der Waals surface area (Å²) in [5.74, 6) is -0.0618. The minimum atomic E-state index is -1.10. The average molecular weight is 497 g/mol. The minimum Gasteiger partial charge on any atom is -0.497 e. The number of anilines is 1. The van der Waals surface area contributed by atoms with E-state index in [1.807, 2.05) is 29.7 Å². The molecule has 2 aromatic rings. The summed E-state index contributed by atoms with van der Waals surface area (Å²) in [7, 11) is 1.58. The van der Waals surface area contributed by atoms with Crippen molar-refractivity contribution in [2.75, 3.05) is 25.6 Å². The number of aromatic nitrogens is 1. The second-order valence-electron chi connectivity index (χ2n) is 10.5. The van der Waals surface area contributed by atoms with Crippen molar-refractivity contribution in [1.29, 1.82) is 0 Å². The number of amides is 3. The number of ether oxygens (including phenoxy) is 2. The van der Waals surface area contributed by atoms with Crippen molar-refractivity contribution < 1.29 is 23.9 Å². The van der Waals surface area contributed by atoms with E-state index in [2.05, 4.69) is 10.6 Å². The number of carbonyl (C=O) groups is 3. The molecular weight excluding hydrogens is 460 g/mol. The Kier molecular flexibility index (Phi) is 6.68. The van der Waals surface area contributed by atoms with E-state index < -0.39 is 5.54 Å². The molecule has 2 fully saturated rings. The molecule has 1 aromatic heterocycles. The Morgan fingerprint density at radius 2 is 1.94 bits per heavy atom. The molecule has 9 nitrogen and oxygen atoms in total. The van der Waals surface area contributed by atoms with E-state index in [1.165, 1.54) is 13.3 Å². The van der Waals surface area contributed by atoms with Crippen molar-refractivity contribution in [3.8, 4) is 5.75 Å². The number of nitrogens with zero attached hydrogens (tertiary/aromatic N) is 2. The molecule has 2 atom stereocenters. The molecule has 1 aliphatic carbocycles. The molecule has 0 radical (unpaired) electrons. The van der Waals surface area contributed by atoms with Gasteiger partial charge in [0.15, 0.2) is 0 Å². The second kappa shape index (κ2) is 9.76. The Morgan fingerprint density at radius 3 is 2.61 bits per heavy atom. The lowest BCUT2D eigenvalue weighted by molar-refractivity contribution is -0.134. The van der Waals surface area contributed by atoms with Crippen LogP contribution in [0.25, 0.3) is 10.9 Å². The number of benzene rings is 1. The van der Waals surface area contributed by atoms with Crippen LogP contribution in [0.1, 0.15) is 69.3 Å². The molecule has 0 bridgehead atoms. The SMILES string of the molecule is COc1ccc2c(c1)c(NC(C)=O)c1n2C[C@@](C)(C(=O)NC2CCCCC2)N(C[C@@H]2CCCO2)C1=O. The van der Waals surface area contributed by atoms with Crippen LogP contribution in [0.2, 0.25) is 0 Å². The molecule has 1 saturated heterocycles. The summed E-state index contributed by atoms with van der Waals surface area (Å²) in [6, 6.07) is 5.66. The van der Waals surface area contributed by atoms with E-state index in [9.17, 15) is 14.4 Å². The van der Waals surface area contributed by atoms with Crippen LogP contribution < -0.4 is 15.4 Å². The summed E-state index contributed by atoms with van der Waals surface area (Å²) in [5, 5.41) is 6.85. The Labute approximate surface area is 211 Å². The largest absolute Gasteiger partial charge is 0.497 e. The monoisotopic (exact) mass is 496 g/mol. The third-order valence-corrected chi connectivity index (χ3v) is 7.92. The van der Waals surface area contributed by atoms with E-state index in [-0.39, 0.29) is 36.4 Å². The summed E-state index contributed by atoms with van der Waals surface area (Å²) in [5.41, 5.74) is 0.506. The van der Waals surface area contributed by atoms with Gasteiger partial charge in [-0.2, -0.15) is 0 Å². The zero-order valence-electron chi connectivity index (χ0n) is 21.4. The van der Waals surface area contributed by atoms with Crippen molar-refractivity contribution in [3.05, 3.63) is 23.9 Å². The lowest BCUT2D eigenvalue weighted by Gasteiger charge is -2.45. The first-order chi connectivity index (χ1) is 17.3.